The maximum atomic E-state index is 11.5. The van der Waals surface area contributed by atoms with Crippen LogP contribution in [0.4, 0.5) is 10.5 Å². The molecule has 146 valence electrons. The number of carboxylic acid groups (broad SMARTS) is 1. The molecule has 0 unspecified atom stereocenters. The highest BCUT2D eigenvalue weighted by molar-refractivity contribution is 6.33. The van der Waals surface area contributed by atoms with Gasteiger partial charge in [0.25, 0.3) is 0 Å². The van der Waals surface area contributed by atoms with Crippen molar-refractivity contribution in [1.29, 1.82) is 0 Å². The van der Waals surface area contributed by atoms with Gasteiger partial charge in [0, 0.05) is 23.7 Å². The van der Waals surface area contributed by atoms with E-state index in [2.05, 4.69) is 10.3 Å². The molecule has 8 nitrogen and oxygen atoms in total. The van der Waals surface area contributed by atoms with Crippen LogP contribution in [0.15, 0.2) is 42.6 Å². The molecule has 2 amide bonds. The molecule has 3 rings (SSSR count). The van der Waals surface area contributed by atoms with Crippen LogP contribution in [0.3, 0.4) is 0 Å². The van der Waals surface area contributed by atoms with Crippen molar-refractivity contribution < 1.29 is 24.2 Å². The maximum absolute atomic E-state index is 11.5. The van der Waals surface area contributed by atoms with Crippen molar-refractivity contribution in [1.82, 2.24) is 4.98 Å². The Morgan fingerprint density at radius 1 is 1.18 bits per heavy atom. The first-order valence-electron chi connectivity index (χ1n) is 7.63. The first kappa shape index (κ1) is 21.1. The number of fused-ring (bicyclic) bond motifs is 1. The normalized spacial score (nSPS) is 10.1. The number of hydrogen-bond donors (Lipinski definition) is 3. The molecule has 0 aliphatic carbocycles. The number of nitrogens with one attached hydrogen (secondary N) is 1. The lowest BCUT2D eigenvalue weighted by molar-refractivity contribution is 0.0693. The fourth-order valence-corrected chi connectivity index (χ4v) is 2.71. The molecule has 0 bridgehead atoms. The van der Waals surface area contributed by atoms with Crippen molar-refractivity contribution >= 4 is 52.6 Å². The van der Waals surface area contributed by atoms with Crippen molar-refractivity contribution in [2.75, 3.05) is 12.4 Å². The zero-order valence-electron chi connectivity index (χ0n) is 14.4. The number of hydrogen-bond acceptors (Lipinski definition) is 5. The molecule has 0 radical (unpaired) electrons. The molecule has 0 saturated carbocycles. The third-order valence-corrected chi connectivity index (χ3v) is 3.99. The first-order chi connectivity index (χ1) is 12.9. The van der Waals surface area contributed by atoms with E-state index < -0.39 is 12.0 Å². The number of urea groups is 1. The number of aromatic carboxylic acids is 1. The Morgan fingerprint density at radius 3 is 2.54 bits per heavy atom. The highest BCUT2D eigenvalue weighted by Crippen LogP contribution is 2.35. The lowest BCUT2D eigenvalue weighted by Gasteiger charge is -2.12. The lowest BCUT2D eigenvalue weighted by Crippen LogP contribution is -2.19. The Labute approximate surface area is 170 Å². The molecule has 0 aliphatic rings. The topological polar surface area (TPSA) is 124 Å². The number of carbonyl (C=O) groups is 2. The van der Waals surface area contributed by atoms with E-state index in [1.807, 2.05) is 0 Å². The Balaban J connectivity index is 0.00000280. The molecule has 0 aliphatic heterocycles. The van der Waals surface area contributed by atoms with Crippen LogP contribution in [-0.4, -0.2) is 29.2 Å². The number of methoxy groups -OCH3 is 1. The monoisotopic (exact) mass is 423 g/mol. The molecule has 3 aromatic rings. The van der Waals surface area contributed by atoms with Crippen LogP contribution in [-0.2, 0) is 0 Å². The summed E-state index contributed by atoms with van der Waals surface area (Å²) in [5, 5.41) is 12.5. The van der Waals surface area contributed by atoms with Gasteiger partial charge in [-0.25, -0.2) is 9.59 Å². The molecule has 10 heteroatoms. The number of nitrogens with two attached hydrogens (primary N) is 1. The predicted octanol–water partition coefficient (Wildman–Crippen LogP) is 4.30. The second-order valence-corrected chi connectivity index (χ2v) is 5.82. The van der Waals surface area contributed by atoms with Gasteiger partial charge < -0.3 is 25.6 Å². The molecule has 0 fully saturated rings. The summed E-state index contributed by atoms with van der Waals surface area (Å²) in [5.41, 5.74) is 5.91. The smallest absolute Gasteiger partial charge is 0.339 e. The number of amides is 2. The molecule has 0 atom stereocenters. The highest BCUT2D eigenvalue weighted by Gasteiger charge is 2.16. The van der Waals surface area contributed by atoms with E-state index in [0.29, 0.717) is 28.1 Å². The minimum Gasteiger partial charge on any atom is -0.496 e. The molecule has 4 N–H and O–H groups in total. The van der Waals surface area contributed by atoms with E-state index in [-0.39, 0.29) is 28.7 Å². The van der Waals surface area contributed by atoms with Gasteiger partial charge in [0.05, 0.1) is 23.3 Å². The van der Waals surface area contributed by atoms with Gasteiger partial charge in [0.15, 0.2) is 0 Å². The molecule has 28 heavy (non-hydrogen) atoms. The maximum Gasteiger partial charge on any atom is 0.339 e. The van der Waals surface area contributed by atoms with E-state index in [9.17, 15) is 14.7 Å². The lowest BCUT2D eigenvalue weighted by atomic mass is 10.1. The molecular weight excluding hydrogens is 409 g/mol. The number of pyridine rings is 1. The Kier molecular flexibility index (Phi) is 6.50. The fraction of sp³-hybridized carbons (Fsp3) is 0.0556. The SMILES string of the molecule is COc1cc2nccc(Oc3ccc(NC(N)=O)c(Cl)c3)c2cc1C(=O)O.Cl. The largest absolute Gasteiger partial charge is 0.496 e. The van der Waals surface area contributed by atoms with Crippen LogP contribution in [0.25, 0.3) is 10.9 Å². The van der Waals surface area contributed by atoms with Crippen LogP contribution in [0.5, 0.6) is 17.2 Å². The van der Waals surface area contributed by atoms with Crippen LogP contribution < -0.4 is 20.5 Å². The van der Waals surface area contributed by atoms with Gasteiger partial charge in [-0.15, -0.1) is 12.4 Å². The second-order valence-electron chi connectivity index (χ2n) is 5.42. The summed E-state index contributed by atoms with van der Waals surface area (Å²) < 4.78 is 10.9. The highest BCUT2D eigenvalue weighted by atomic mass is 35.5. The van der Waals surface area contributed by atoms with Gasteiger partial charge in [0.2, 0.25) is 0 Å². The van der Waals surface area contributed by atoms with Crippen molar-refractivity contribution in [3.05, 3.63) is 53.2 Å². The zero-order valence-corrected chi connectivity index (χ0v) is 16.0. The van der Waals surface area contributed by atoms with E-state index >= 15 is 0 Å². The average Bonchev–Trinajstić information content (AvgIpc) is 2.62. The van der Waals surface area contributed by atoms with E-state index in [0.717, 1.165) is 0 Å². The van der Waals surface area contributed by atoms with E-state index in [1.54, 1.807) is 12.1 Å². The van der Waals surface area contributed by atoms with Crippen LogP contribution >= 0.6 is 24.0 Å². The van der Waals surface area contributed by atoms with Crippen LogP contribution in [0.2, 0.25) is 5.02 Å². The van der Waals surface area contributed by atoms with Gasteiger partial charge in [-0.3, -0.25) is 4.98 Å². The summed E-state index contributed by atoms with van der Waals surface area (Å²) >= 11 is 6.11. The summed E-state index contributed by atoms with van der Waals surface area (Å²) in [6, 6.07) is 8.45. The zero-order chi connectivity index (χ0) is 19.6. The van der Waals surface area contributed by atoms with E-state index in [1.165, 1.54) is 37.6 Å². The van der Waals surface area contributed by atoms with Gasteiger partial charge in [0.1, 0.15) is 22.8 Å². The number of benzene rings is 2. The number of primary amides is 1. The summed E-state index contributed by atoms with van der Waals surface area (Å²) in [4.78, 5) is 26.6. The molecule has 1 aromatic heterocycles. The quantitative estimate of drug-likeness (QED) is 0.561. The van der Waals surface area contributed by atoms with Crippen LogP contribution in [0.1, 0.15) is 10.4 Å². The molecule has 2 aromatic carbocycles. The first-order valence-corrected chi connectivity index (χ1v) is 8.00. The van der Waals surface area contributed by atoms with E-state index in [4.69, 9.17) is 26.8 Å². The van der Waals surface area contributed by atoms with Crippen molar-refractivity contribution in [3.63, 3.8) is 0 Å². The summed E-state index contributed by atoms with van der Waals surface area (Å²) in [6.07, 6.45) is 1.53. The molecular formula is C18H15Cl2N3O5. The van der Waals surface area contributed by atoms with Crippen LogP contribution in [0, 0.1) is 0 Å². The third kappa shape index (κ3) is 4.36. The molecule has 0 spiro atoms. The predicted molar refractivity (Wildman–Crippen MR) is 107 cm³/mol. The Bertz CT molecular complexity index is 1060. The van der Waals surface area contributed by atoms with Gasteiger partial charge in [-0.2, -0.15) is 0 Å². The number of nitrogens with zero attached hydrogens (tertiary/aromatic N) is 1. The number of carbonyl (C=O) groups excluding carboxylic acids is 1. The number of anilines is 1. The third-order valence-electron chi connectivity index (χ3n) is 3.68. The number of halogens is 2. The van der Waals surface area contributed by atoms with Gasteiger partial charge in [-0.05, 0) is 24.3 Å². The number of carboxylic acids is 1. The van der Waals surface area contributed by atoms with Gasteiger partial charge in [-0.1, -0.05) is 11.6 Å². The van der Waals surface area contributed by atoms with Crippen molar-refractivity contribution in [3.8, 4) is 17.2 Å². The Morgan fingerprint density at radius 2 is 1.93 bits per heavy atom. The number of aromatic nitrogens is 1. The summed E-state index contributed by atoms with van der Waals surface area (Å²) in [6.45, 7) is 0. The molecule has 1 heterocycles. The minimum atomic E-state index is -1.13. The summed E-state index contributed by atoms with van der Waals surface area (Å²) in [7, 11) is 1.39. The number of rotatable bonds is 5. The van der Waals surface area contributed by atoms with Gasteiger partial charge >= 0.3 is 12.0 Å². The number of ether oxygens (including phenoxy) is 2. The Hall–Kier alpha value is -3.23. The minimum absolute atomic E-state index is 0. The van der Waals surface area contributed by atoms with Crippen molar-refractivity contribution in [2.24, 2.45) is 5.73 Å². The summed E-state index contributed by atoms with van der Waals surface area (Å²) in [5.74, 6) is -0.162. The van der Waals surface area contributed by atoms with Crippen molar-refractivity contribution in [2.45, 2.75) is 0 Å². The molecule has 0 saturated heterocycles. The second kappa shape index (κ2) is 8.64. The average molecular weight is 424 g/mol. The standard InChI is InChI=1S/C18H14ClN3O5.ClH/c1-26-16-8-14-10(7-11(16)17(23)24)15(4-5-21-14)27-9-2-3-13(12(19)6-9)22-18(20)25;/h2-8H,1H3,(H,23,24)(H3,20,22,25);1H. The fourth-order valence-electron chi connectivity index (χ4n) is 2.49.